The molecule has 2 rings (SSSR count). The second-order valence-electron chi connectivity index (χ2n) is 4.33. The number of aliphatic carboxylic acids is 1. The number of rotatable bonds is 3. The van der Waals surface area contributed by atoms with E-state index in [1.807, 2.05) is 13.0 Å². The van der Waals surface area contributed by atoms with Crippen LogP contribution in [0.15, 0.2) is 12.3 Å². The Bertz CT molecular complexity index is 511. The van der Waals surface area contributed by atoms with Gasteiger partial charge in [0.25, 0.3) is 0 Å². The van der Waals surface area contributed by atoms with E-state index in [0.717, 1.165) is 6.42 Å². The molecule has 0 spiro atoms. The molecule has 1 aliphatic heterocycles. The number of hydrogen-bond acceptors (Lipinski definition) is 5. The zero-order chi connectivity index (χ0) is 13.2. The molecule has 0 radical (unpaired) electrons. The Labute approximate surface area is 105 Å². The van der Waals surface area contributed by atoms with Crippen molar-refractivity contribution in [3.05, 3.63) is 17.8 Å². The summed E-state index contributed by atoms with van der Waals surface area (Å²) in [7, 11) is 0. The molecule has 6 nitrogen and oxygen atoms in total. The number of carbonyl (C=O) groups is 1. The molecule has 1 unspecified atom stereocenters. The van der Waals surface area contributed by atoms with Gasteiger partial charge in [-0.3, -0.25) is 0 Å². The molecule has 1 aliphatic rings. The maximum atomic E-state index is 11.6. The summed E-state index contributed by atoms with van der Waals surface area (Å²) in [6.07, 6.45) is 3.26. The standard InChI is InChI=1S/C12H14N4O2/c1-2-12(11(17)18)5-3-7-16(12)10-9(8-13)4-6-14-15-10/h4,6H,2-3,5,7H2,1H3,(H,17,18). The van der Waals surface area contributed by atoms with E-state index in [1.165, 1.54) is 6.20 Å². The molecule has 1 aromatic heterocycles. The highest BCUT2D eigenvalue weighted by atomic mass is 16.4. The van der Waals surface area contributed by atoms with Crippen LogP contribution in [-0.2, 0) is 4.79 Å². The molecule has 0 aliphatic carbocycles. The van der Waals surface area contributed by atoms with Crippen LogP contribution in [0.4, 0.5) is 5.82 Å². The highest BCUT2D eigenvalue weighted by Gasteiger charge is 2.47. The smallest absolute Gasteiger partial charge is 0.329 e. The van der Waals surface area contributed by atoms with Crippen molar-refractivity contribution in [2.75, 3.05) is 11.4 Å². The molecule has 1 saturated heterocycles. The number of aromatic nitrogens is 2. The van der Waals surface area contributed by atoms with Gasteiger partial charge in [0.2, 0.25) is 0 Å². The quantitative estimate of drug-likeness (QED) is 0.861. The zero-order valence-electron chi connectivity index (χ0n) is 10.1. The second-order valence-corrected chi connectivity index (χ2v) is 4.33. The van der Waals surface area contributed by atoms with Gasteiger partial charge < -0.3 is 10.0 Å². The van der Waals surface area contributed by atoms with Gasteiger partial charge in [-0.2, -0.15) is 10.4 Å². The third-order valence-electron chi connectivity index (χ3n) is 3.55. The SMILES string of the molecule is CCC1(C(=O)O)CCCN1c1nnccc1C#N. The van der Waals surface area contributed by atoms with Gasteiger partial charge in [0.15, 0.2) is 5.82 Å². The molecule has 0 aromatic carbocycles. The van der Waals surface area contributed by atoms with Crippen LogP contribution in [-0.4, -0.2) is 33.4 Å². The third kappa shape index (κ3) is 1.68. The van der Waals surface area contributed by atoms with Crippen LogP contribution < -0.4 is 4.90 Å². The Balaban J connectivity index is 2.50. The number of carboxylic acids is 1. The lowest BCUT2D eigenvalue weighted by Gasteiger charge is -2.34. The first-order valence-corrected chi connectivity index (χ1v) is 5.88. The monoisotopic (exact) mass is 246 g/mol. The Morgan fingerprint density at radius 1 is 1.72 bits per heavy atom. The zero-order valence-corrected chi connectivity index (χ0v) is 10.1. The molecular weight excluding hydrogens is 232 g/mol. The van der Waals surface area contributed by atoms with E-state index >= 15 is 0 Å². The van der Waals surface area contributed by atoms with Crippen molar-refractivity contribution in [3.8, 4) is 6.07 Å². The van der Waals surface area contributed by atoms with Gasteiger partial charge in [0, 0.05) is 6.54 Å². The number of nitriles is 1. The molecule has 1 aromatic rings. The highest BCUT2D eigenvalue weighted by molar-refractivity contribution is 5.84. The molecule has 6 heteroatoms. The van der Waals surface area contributed by atoms with Crippen LogP contribution in [0.25, 0.3) is 0 Å². The van der Waals surface area contributed by atoms with Crippen LogP contribution >= 0.6 is 0 Å². The van der Waals surface area contributed by atoms with Gasteiger partial charge in [-0.1, -0.05) is 6.92 Å². The van der Waals surface area contributed by atoms with Gasteiger partial charge >= 0.3 is 5.97 Å². The van der Waals surface area contributed by atoms with E-state index in [9.17, 15) is 9.90 Å². The molecule has 1 fully saturated rings. The summed E-state index contributed by atoms with van der Waals surface area (Å²) >= 11 is 0. The van der Waals surface area contributed by atoms with Crippen LogP contribution in [0.3, 0.4) is 0 Å². The van der Waals surface area contributed by atoms with E-state index in [1.54, 1.807) is 11.0 Å². The van der Waals surface area contributed by atoms with Gasteiger partial charge in [-0.25, -0.2) is 4.79 Å². The van der Waals surface area contributed by atoms with Gasteiger partial charge in [-0.15, -0.1) is 5.10 Å². The van der Waals surface area contributed by atoms with Gasteiger partial charge in [0.1, 0.15) is 11.6 Å². The third-order valence-corrected chi connectivity index (χ3v) is 3.55. The number of hydrogen-bond donors (Lipinski definition) is 1. The molecule has 94 valence electrons. The fourth-order valence-corrected chi connectivity index (χ4v) is 2.54. The Kier molecular flexibility index (Phi) is 3.15. The van der Waals surface area contributed by atoms with Crippen LogP contribution in [0.1, 0.15) is 31.7 Å². The first-order chi connectivity index (χ1) is 8.65. The van der Waals surface area contributed by atoms with Crippen LogP contribution in [0.2, 0.25) is 0 Å². The Morgan fingerprint density at radius 3 is 3.11 bits per heavy atom. The highest BCUT2D eigenvalue weighted by Crippen LogP contribution is 2.36. The summed E-state index contributed by atoms with van der Waals surface area (Å²) in [6, 6.07) is 3.59. The van der Waals surface area contributed by atoms with E-state index in [2.05, 4.69) is 10.2 Å². The lowest BCUT2D eigenvalue weighted by Crippen LogP contribution is -2.51. The summed E-state index contributed by atoms with van der Waals surface area (Å²) < 4.78 is 0. The molecule has 1 atom stereocenters. The van der Waals surface area contributed by atoms with Crippen molar-refractivity contribution in [2.45, 2.75) is 31.7 Å². The first kappa shape index (κ1) is 12.3. The van der Waals surface area contributed by atoms with Crippen molar-refractivity contribution in [2.24, 2.45) is 0 Å². The Hall–Kier alpha value is -2.16. The van der Waals surface area contributed by atoms with Crippen molar-refractivity contribution in [1.29, 1.82) is 5.26 Å². The fourth-order valence-electron chi connectivity index (χ4n) is 2.54. The normalized spacial score (nSPS) is 22.8. The maximum Gasteiger partial charge on any atom is 0.329 e. The molecule has 2 heterocycles. The average molecular weight is 246 g/mol. The molecule has 0 amide bonds. The largest absolute Gasteiger partial charge is 0.479 e. The van der Waals surface area contributed by atoms with Crippen molar-refractivity contribution >= 4 is 11.8 Å². The number of carboxylic acid groups (broad SMARTS) is 1. The summed E-state index contributed by atoms with van der Waals surface area (Å²) in [6.45, 7) is 2.43. The predicted octanol–water partition coefficient (Wildman–Crippen LogP) is 1.18. The lowest BCUT2D eigenvalue weighted by atomic mass is 9.93. The fraction of sp³-hybridized carbons (Fsp3) is 0.500. The predicted molar refractivity (Wildman–Crippen MR) is 64.0 cm³/mol. The average Bonchev–Trinajstić information content (AvgIpc) is 2.83. The van der Waals surface area contributed by atoms with Gasteiger partial charge in [-0.05, 0) is 25.3 Å². The first-order valence-electron chi connectivity index (χ1n) is 5.88. The van der Waals surface area contributed by atoms with Crippen LogP contribution in [0, 0.1) is 11.3 Å². The van der Waals surface area contributed by atoms with Crippen LogP contribution in [0.5, 0.6) is 0 Å². The molecular formula is C12H14N4O2. The van der Waals surface area contributed by atoms with E-state index in [-0.39, 0.29) is 0 Å². The number of anilines is 1. The summed E-state index contributed by atoms with van der Waals surface area (Å²) in [4.78, 5) is 13.3. The maximum absolute atomic E-state index is 11.6. The van der Waals surface area contributed by atoms with Gasteiger partial charge in [0.05, 0.1) is 11.8 Å². The van der Waals surface area contributed by atoms with E-state index in [4.69, 9.17) is 5.26 Å². The van der Waals surface area contributed by atoms with Crippen molar-refractivity contribution in [3.63, 3.8) is 0 Å². The molecule has 0 bridgehead atoms. The summed E-state index contributed by atoms with van der Waals surface area (Å²) in [5, 5.41) is 26.3. The molecule has 1 N–H and O–H groups in total. The van der Waals surface area contributed by atoms with Crippen molar-refractivity contribution < 1.29 is 9.90 Å². The molecule has 18 heavy (non-hydrogen) atoms. The topological polar surface area (TPSA) is 90.1 Å². The minimum Gasteiger partial charge on any atom is -0.479 e. The second kappa shape index (κ2) is 4.61. The molecule has 0 saturated carbocycles. The summed E-state index contributed by atoms with van der Waals surface area (Å²) in [5.74, 6) is -0.487. The minimum absolute atomic E-state index is 0.367. The van der Waals surface area contributed by atoms with E-state index < -0.39 is 11.5 Å². The summed E-state index contributed by atoms with van der Waals surface area (Å²) in [5.41, 5.74) is -0.590. The minimum atomic E-state index is -0.957. The Morgan fingerprint density at radius 2 is 2.50 bits per heavy atom. The van der Waals surface area contributed by atoms with E-state index in [0.29, 0.717) is 30.8 Å². The number of nitrogens with zero attached hydrogens (tertiary/aromatic N) is 4. The van der Waals surface area contributed by atoms with Crippen molar-refractivity contribution in [1.82, 2.24) is 10.2 Å². The lowest BCUT2D eigenvalue weighted by molar-refractivity contribution is -0.143.